The Morgan fingerprint density at radius 1 is 1.18 bits per heavy atom. The number of rotatable bonds is 2. The van der Waals surface area contributed by atoms with Gasteiger partial charge in [0.05, 0.1) is 5.02 Å². The molecule has 1 aliphatic heterocycles. The average Bonchev–Trinajstić information content (AvgIpc) is 2.39. The first-order chi connectivity index (χ1) is 9.32. The average molecular weight is 384 g/mol. The molecule has 1 aromatic rings. The zero-order valence-electron chi connectivity index (χ0n) is 11.7. The second kappa shape index (κ2) is 8.55. The monoisotopic (exact) mass is 382 g/mol. The highest BCUT2D eigenvalue weighted by Crippen LogP contribution is 2.42. The summed E-state index contributed by atoms with van der Waals surface area (Å²) >= 11 is 5.94. The van der Waals surface area contributed by atoms with E-state index in [0.29, 0.717) is 18.7 Å². The number of nitrogens with zero attached hydrogens (tertiary/aromatic N) is 1. The molecule has 128 valence electrons. The first-order valence-electron chi connectivity index (χ1n) is 6.28. The molecule has 0 aromatic heterocycles. The Hall–Kier alpha value is -0.270. The molecule has 0 aliphatic carbocycles. The zero-order chi connectivity index (χ0) is 14.9. The van der Waals surface area contributed by atoms with Crippen LogP contribution in [0.1, 0.15) is 17.2 Å². The normalized spacial score (nSPS) is 17.4. The van der Waals surface area contributed by atoms with Crippen molar-refractivity contribution in [2.24, 2.45) is 0 Å². The summed E-state index contributed by atoms with van der Waals surface area (Å²) in [6.07, 6.45) is -4.57. The number of halogens is 7. The van der Waals surface area contributed by atoms with Crippen LogP contribution in [0.2, 0.25) is 5.02 Å². The Morgan fingerprint density at radius 2 is 1.73 bits per heavy atom. The molecule has 0 amide bonds. The maximum atomic E-state index is 13.9. The van der Waals surface area contributed by atoms with Gasteiger partial charge in [-0.2, -0.15) is 13.2 Å². The third-order valence-corrected chi connectivity index (χ3v) is 3.92. The van der Waals surface area contributed by atoms with Crippen molar-refractivity contribution in [1.29, 1.82) is 0 Å². The lowest BCUT2D eigenvalue weighted by Crippen LogP contribution is -2.49. The summed E-state index contributed by atoms with van der Waals surface area (Å²) in [6.45, 7) is 2.85. The predicted molar refractivity (Wildman–Crippen MR) is 83.9 cm³/mol. The third-order valence-electron chi connectivity index (χ3n) is 3.42. The molecule has 22 heavy (non-hydrogen) atoms. The number of hydrogen-bond donors (Lipinski definition) is 1. The summed E-state index contributed by atoms with van der Waals surface area (Å²) in [4.78, 5) is 1.22. The van der Waals surface area contributed by atoms with E-state index in [4.69, 9.17) is 11.6 Å². The van der Waals surface area contributed by atoms with Crippen molar-refractivity contribution in [2.45, 2.75) is 19.1 Å². The number of aryl methyl sites for hydroxylation is 1. The van der Waals surface area contributed by atoms with E-state index in [1.54, 1.807) is 6.92 Å². The molecule has 0 unspecified atom stereocenters. The van der Waals surface area contributed by atoms with Crippen LogP contribution in [0.3, 0.4) is 0 Å². The molecule has 1 saturated heterocycles. The van der Waals surface area contributed by atoms with Crippen LogP contribution >= 0.6 is 36.4 Å². The van der Waals surface area contributed by atoms with Crippen molar-refractivity contribution in [2.75, 3.05) is 26.2 Å². The molecular weight excluding hydrogens is 367 g/mol. The number of hydrogen-bond acceptors (Lipinski definition) is 2. The fourth-order valence-corrected chi connectivity index (χ4v) is 2.68. The van der Waals surface area contributed by atoms with Crippen LogP contribution < -0.4 is 5.32 Å². The van der Waals surface area contributed by atoms with Gasteiger partial charge in [0.15, 0.2) is 0 Å². The fraction of sp³-hybridized carbons (Fsp3) is 0.538. The number of nitrogens with one attached hydrogen (secondary N) is 1. The van der Waals surface area contributed by atoms with Gasteiger partial charge in [0.2, 0.25) is 0 Å². The van der Waals surface area contributed by atoms with E-state index in [2.05, 4.69) is 5.32 Å². The van der Waals surface area contributed by atoms with Crippen LogP contribution in [0.5, 0.6) is 0 Å². The number of piperazine rings is 1. The molecule has 0 bridgehead atoms. The van der Waals surface area contributed by atoms with E-state index in [1.807, 2.05) is 0 Å². The molecule has 0 radical (unpaired) electrons. The van der Waals surface area contributed by atoms with Crippen LogP contribution in [0.15, 0.2) is 12.1 Å². The van der Waals surface area contributed by atoms with Crippen molar-refractivity contribution in [1.82, 2.24) is 10.2 Å². The standard InChI is InChI=1S/C13H15ClF4N2.2ClH/c1-8-2-3-9(15)10(11(8)14)12(13(16,17)18)20-6-4-19-5-7-20;;/h2-3,12,19H,4-7H2,1H3;2*1H/t12-;;/m1../s1. The van der Waals surface area contributed by atoms with Crippen molar-refractivity contribution in [3.8, 4) is 0 Å². The number of alkyl halides is 3. The molecule has 1 atom stereocenters. The maximum absolute atomic E-state index is 13.9. The Morgan fingerprint density at radius 3 is 2.23 bits per heavy atom. The van der Waals surface area contributed by atoms with Crippen LogP contribution in [0.4, 0.5) is 17.6 Å². The molecule has 2 rings (SSSR count). The molecular formula is C13H17Cl3F4N2. The fourth-order valence-electron chi connectivity index (χ4n) is 2.42. The van der Waals surface area contributed by atoms with E-state index in [9.17, 15) is 17.6 Å². The highest BCUT2D eigenvalue weighted by atomic mass is 35.5. The molecule has 1 N–H and O–H groups in total. The molecule has 0 saturated carbocycles. The van der Waals surface area contributed by atoms with Gasteiger partial charge in [0.1, 0.15) is 11.9 Å². The van der Waals surface area contributed by atoms with Crippen molar-refractivity contribution in [3.63, 3.8) is 0 Å². The summed E-state index contributed by atoms with van der Waals surface area (Å²) in [5.41, 5.74) is -0.0338. The molecule has 1 fully saturated rings. The Balaban J connectivity index is 0.00000220. The van der Waals surface area contributed by atoms with Crippen molar-refractivity contribution >= 4 is 36.4 Å². The summed E-state index contributed by atoms with van der Waals surface area (Å²) in [5, 5.41) is 2.83. The van der Waals surface area contributed by atoms with Gasteiger partial charge in [-0.05, 0) is 18.6 Å². The minimum atomic E-state index is -4.57. The van der Waals surface area contributed by atoms with E-state index < -0.39 is 23.6 Å². The van der Waals surface area contributed by atoms with Gasteiger partial charge < -0.3 is 5.32 Å². The van der Waals surface area contributed by atoms with Gasteiger partial charge >= 0.3 is 6.18 Å². The molecule has 9 heteroatoms. The quantitative estimate of drug-likeness (QED) is 0.772. The first-order valence-corrected chi connectivity index (χ1v) is 6.66. The minimum absolute atomic E-state index is 0. The highest BCUT2D eigenvalue weighted by Gasteiger charge is 2.47. The van der Waals surface area contributed by atoms with Crippen molar-refractivity contribution in [3.05, 3.63) is 34.1 Å². The summed E-state index contributed by atoms with van der Waals surface area (Å²) in [6, 6.07) is 0.418. The smallest absolute Gasteiger partial charge is 0.314 e. The lowest BCUT2D eigenvalue weighted by molar-refractivity contribution is -0.188. The number of benzene rings is 1. The van der Waals surface area contributed by atoms with Crippen LogP contribution in [-0.2, 0) is 0 Å². The highest BCUT2D eigenvalue weighted by molar-refractivity contribution is 6.32. The largest absolute Gasteiger partial charge is 0.408 e. The topological polar surface area (TPSA) is 15.3 Å². The zero-order valence-corrected chi connectivity index (χ0v) is 14.1. The molecule has 1 aliphatic rings. The van der Waals surface area contributed by atoms with Gasteiger partial charge in [-0.3, -0.25) is 4.90 Å². The van der Waals surface area contributed by atoms with Gasteiger partial charge in [-0.15, -0.1) is 24.8 Å². The summed E-state index contributed by atoms with van der Waals surface area (Å²) < 4.78 is 54.1. The van der Waals surface area contributed by atoms with Crippen LogP contribution in [0, 0.1) is 12.7 Å². The lowest BCUT2D eigenvalue weighted by atomic mass is 10.0. The van der Waals surface area contributed by atoms with Gasteiger partial charge in [-0.1, -0.05) is 17.7 Å². The SMILES string of the molecule is Cc1ccc(F)c([C@@H](N2CCNCC2)C(F)(F)F)c1Cl.Cl.Cl. The third kappa shape index (κ3) is 4.61. The van der Waals surface area contributed by atoms with Gasteiger partial charge in [0.25, 0.3) is 0 Å². The Labute approximate surface area is 144 Å². The second-order valence-electron chi connectivity index (χ2n) is 4.82. The van der Waals surface area contributed by atoms with Crippen LogP contribution in [0.25, 0.3) is 0 Å². The predicted octanol–water partition coefficient (Wildman–Crippen LogP) is 4.14. The van der Waals surface area contributed by atoms with E-state index in [0.717, 1.165) is 6.07 Å². The minimum Gasteiger partial charge on any atom is -0.314 e. The maximum Gasteiger partial charge on any atom is 0.408 e. The second-order valence-corrected chi connectivity index (χ2v) is 5.20. The van der Waals surface area contributed by atoms with Gasteiger partial charge in [-0.25, -0.2) is 4.39 Å². The molecule has 1 heterocycles. The Kier molecular flexibility index (Phi) is 8.44. The van der Waals surface area contributed by atoms with Crippen molar-refractivity contribution < 1.29 is 17.6 Å². The van der Waals surface area contributed by atoms with E-state index in [-0.39, 0.29) is 42.9 Å². The lowest BCUT2D eigenvalue weighted by Gasteiger charge is -2.36. The van der Waals surface area contributed by atoms with E-state index in [1.165, 1.54) is 11.0 Å². The summed E-state index contributed by atoms with van der Waals surface area (Å²) in [7, 11) is 0. The van der Waals surface area contributed by atoms with E-state index >= 15 is 0 Å². The van der Waals surface area contributed by atoms with Gasteiger partial charge in [0, 0.05) is 31.7 Å². The molecule has 2 nitrogen and oxygen atoms in total. The van der Waals surface area contributed by atoms with Crippen LogP contribution in [-0.4, -0.2) is 37.3 Å². The first kappa shape index (κ1) is 21.7. The Bertz CT molecular complexity index is 491. The summed E-state index contributed by atoms with van der Waals surface area (Å²) in [5.74, 6) is -0.915. The molecule has 1 aromatic carbocycles. The molecule has 0 spiro atoms.